The van der Waals surface area contributed by atoms with Crippen molar-refractivity contribution in [3.8, 4) is 0 Å². The van der Waals surface area contributed by atoms with Gasteiger partial charge in [-0.25, -0.2) is 4.39 Å². The van der Waals surface area contributed by atoms with E-state index in [1.165, 1.54) is 12.1 Å². The van der Waals surface area contributed by atoms with Crippen LogP contribution in [0.2, 0.25) is 0 Å². The van der Waals surface area contributed by atoms with E-state index in [1.807, 2.05) is 4.90 Å². The smallest absolute Gasteiger partial charge is 0.323 e. The molecule has 1 aliphatic heterocycles. The number of ether oxygens (including phenoxy) is 1. The Balaban J connectivity index is 1.98. The molecule has 144 valence electrons. The van der Waals surface area contributed by atoms with Crippen molar-refractivity contribution in [3.05, 3.63) is 35.6 Å². The first kappa shape index (κ1) is 20.4. The quantitative estimate of drug-likeness (QED) is 0.721. The molecule has 1 N–H and O–H groups in total. The number of hydrogen-bond acceptors (Lipinski definition) is 4. The van der Waals surface area contributed by atoms with E-state index in [0.717, 1.165) is 24.9 Å². The zero-order valence-electron chi connectivity index (χ0n) is 15.8. The maximum absolute atomic E-state index is 13.0. The molecule has 1 amide bonds. The highest BCUT2D eigenvalue weighted by molar-refractivity contribution is 5.83. The van der Waals surface area contributed by atoms with E-state index in [4.69, 9.17) is 4.74 Å². The van der Waals surface area contributed by atoms with Crippen LogP contribution in [-0.4, -0.2) is 48.1 Å². The highest BCUT2D eigenvalue weighted by atomic mass is 19.1. The Morgan fingerprint density at radius 1 is 1.35 bits per heavy atom. The molecule has 1 saturated heterocycles. The van der Waals surface area contributed by atoms with Gasteiger partial charge in [-0.15, -0.1) is 0 Å². The Morgan fingerprint density at radius 3 is 2.62 bits per heavy atom. The van der Waals surface area contributed by atoms with Crippen molar-refractivity contribution in [1.29, 1.82) is 0 Å². The summed E-state index contributed by atoms with van der Waals surface area (Å²) >= 11 is 0. The third-order valence-electron chi connectivity index (χ3n) is 4.86. The average Bonchev–Trinajstić information content (AvgIpc) is 3.05. The lowest BCUT2D eigenvalue weighted by molar-refractivity contribution is -0.146. The molecule has 0 unspecified atom stereocenters. The van der Waals surface area contributed by atoms with Gasteiger partial charge in [0, 0.05) is 12.6 Å². The van der Waals surface area contributed by atoms with Gasteiger partial charge in [-0.3, -0.25) is 14.9 Å². The van der Waals surface area contributed by atoms with Crippen LogP contribution in [0.4, 0.5) is 4.39 Å². The summed E-state index contributed by atoms with van der Waals surface area (Å²) in [7, 11) is 0. The summed E-state index contributed by atoms with van der Waals surface area (Å²) in [6.07, 6.45) is 3.12. The zero-order chi connectivity index (χ0) is 19.1. The Labute approximate surface area is 154 Å². The van der Waals surface area contributed by atoms with Crippen LogP contribution in [0.15, 0.2) is 24.3 Å². The minimum Gasteiger partial charge on any atom is -0.465 e. The topological polar surface area (TPSA) is 58.6 Å². The number of nitrogens with zero attached hydrogens (tertiary/aromatic N) is 1. The largest absolute Gasteiger partial charge is 0.465 e. The first-order valence-corrected chi connectivity index (χ1v) is 9.40. The molecular formula is C20H29FN2O3. The monoisotopic (exact) mass is 364 g/mol. The van der Waals surface area contributed by atoms with Gasteiger partial charge in [-0.05, 0) is 64.2 Å². The number of carbonyl (C=O) groups is 2. The molecule has 1 heterocycles. The molecule has 0 bridgehead atoms. The molecule has 0 spiro atoms. The highest BCUT2D eigenvalue weighted by Gasteiger charge is 2.31. The molecule has 1 aromatic carbocycles. The SMILES string of the molecule is CCOC(=O)[C@H](CCc1ccc(F)cc1)N[C@@H](C)C(=O)N1CCC[C@H]1C. The highest BCUT2D eigenvalue weighted by Crippen LogP contribution is 2.18. The molecule has 0 saturated carbocycles. The summed E-state index contributed by atoms with van der Waals surface area (Å²) in [5.41, 5.74) is 0.939. The van der Waals surface area contributed by atoms with Crippen molar-refractivity contribution in [2.45, 2.75) is 64.6 Å². The molecule has 1 aliphatic rings. The normalized spacial score (nSPS) is 19.2. The third-order valence-corrected chi connectivity index (χ3v) is 4.86. The van der Waals surface area contributed by atoms with Gasteiger partial charge in [0.1, 0.15) is 11.9 Å². The van der Waals surface area contributed by atoms with Crippen molar-refractivity contribution in [1.82, 2.24) is 10.2 Å². The number of aryl methyl sites for hydroxylation is 1. The molecule has 0 radical (unpaired) electrons. The number of halogens is 1. The van der Waals surface area contributed by atoms with Gasteiger partial charge in [-0.1, -0.05) is 12.1 Å². The summed E-state index contributed by atoms with van der Waals surface area (Å²) in [5.74, 6) is -0.623. The van der Waals surface area contributed by atoms with Gasteiger partial charge in [0.25, 0.3) is 0 Å². The van der Waals surface area contributed by atoms with Gasteiger partial charge < -0.3 is 9.64 Å². The molecule has 1 aromatic rings. The maximum Gasteiger partial charge on any atom is 0.323 e. The van der Waals surface area contributed by atoms with E-state index >= 15 is 0 Å². The second-order valence-electron chi connectivity index (χ2n) is 6.88. The molecule has 6 heteroatoms. The van der Waals surface area contributed by atoms with Crippen LogP contribution in [0.1, 0.15) is 45.6 Å². The number of carbonyl (C=O) groups excluding carboxylic acids is 2. The number of amides is 1. The van der Waals surface area contributed by atoms with Crippen LogP contribution in [-0.2, 0) is 20.7 Å². The Hall–Kier alpha value is -1.95. The number of rotatable bonds is 8. The van der Waals surface area contributed by atoms with Gasteiger partial charge in [0.15, 0.2) is 0 Å². The lowest BCUT2D eigenvalue weighted by Gasteiger charge is -2.28. The summed E-state index contributed by atoms with van der Waals surface area (Å²) < 4.78 is 18.2. The fourth-order valence-corrected chi connectivity index (χ4v) is 3.36. The number of nitrogens with one attached hydrogen (secondary N) is 1. The Kier molecular flexibility index (Phi) is 7.57. The molecule has 0 aliphatic carbocycles. The molecular weight excluding hydrogens is 335 g/mol. The molecule has 3 atom stereocenters. The standard InChI is InChI=1S/C20H29FN2O3/c1-4-26-20(25)18(12-9-16-7-10-17(21)11-8-16)22-15(3)19(24)23-13-5-6-14(23)2/h7-8,10-11,14-15,18,22H,4-6,9,12-13H2,1-3H3/t14-,15+,18+/m1/s1. The van der Waals surface area contributed by atoms with E-state index < -0.39 is 12.1 Å². The first-order valence-electron chi connectivity index (χ1n) is 9.40. The second-order valence-corrected chi connectivity index (χ2v) is 6.88. The van der Waals surface area contributed by atoms with Gasteiger partial charge in [0.05, 0.1) is 12.6 Å². The maximum atomic E-state index is 13.0. The molecule has 5 nitrogen and oxygen atoms in total. The summed E-state index contributed by atoms with van der Waals surface area (Å²) in [6, 6.07) is 5.43. The summed E-state index contributed by atoms with van der Waals surface area (Å²) in [4.78, 5) is 26.8. The lowest BCUT2D eigenvalue weighted by atomic mass is 10.0. The van der Waals surface area contributed by atoms with E-state index in [0.29, 0.717) is 19.4 Å². The average molecular weight is 364 g/mol. The fourth-order valence-electron chi connectivity index (χ4n) is 3.36. The molecule has 2 rings (SSSR count). The van der Waals surface area contributed by atoms with Crippen LogP contribution in [0.25, 0.3) is 0 Å². The van der Waals surface area contributed by atoms with Crippen molar-refractivity contribution in [3.63, 3.8) is 0 Å². The number of benzene rings is 1. The van der Waals surface area contributed by atoms with Crippen LogP contribution in [0.3, 0.4) is 0 Å². The van der Waals surface area contributed by atoms with E-state index in [1.54, 1.807) is 26.0 Å². The minimum atomic E-state index is -0.572. The van der Waals surface area contributed by atoms with Crippen LogP contribution >= 0.6 is 0 Å². The Bertz CT molecular complexity index is 606. The van der Waals surface area contributed by atoms with Crippen LogP contribution < -0.4 is 5.32 Å². The number of hydrogen-bond donors (Lipinski definition) is 1. The summed E-state index contributed by atoms with van der Waals surface area (Å²) in [6.45, 7) is 6.66. The van der Waals surface area contributed by atoms with E-state index in [9.17, 15) is 14.0 Å². The van der Waals surface area contributed by atoms with Crippen LogP contribution in [0.5, 0.6) is 0 Å². The minimum absolute atomic E-state index is 0.0195. The van der Waals surface area contributed by atoms with Gasteiger partial charge in [0.2, 0.25) is 5.91 Å². The first-order chi connectivity index (χ1) is 12.4. The third kappa shape index (κ3) is 5.53. The number of esters is 1. The lowest BCUT2D eigenvalue weighted by Crippen LogP contribution is -2.51. The van der Waals surface area contributed by atoms with Crippen molar-refractivity contribution in [2.75, 3.05) is 13.2 Å². The molecule has 1 fully saturated rings. The van der Waals surface area contributed by atoms with Crippen LogP contribution in [0, 0.1) is 5.82 Å². The second kappa shape index (κ2) is 9.67. The van der Waals surface area contributed by atoms with E-state index in [2.05, 4.69) is 12.2 Å². The zero-order valence-corrected chi connectivity index (χ0v) is 15.8. The van der Waals surface area contributed by atoms with E-state index in [-0.39, 0.29) is 23.7 Å². The predicted octanol–water partition coefficient (Wildman–Crippen LogP) is 2.68. The fraction of sp³-hybridized carbons (Fsp3) is 0.600. The predicted molar refractivity (Wildman–Crippen MR) is 98.1 cm³/mol. The van der Waals surface area contributed by atoms with Gasteiger partial charge in [-0.2, -0.15) is 0 Å². The van der Waals surface area contributed by atoms with Gasteiger partial charge >= 0.3 is 5.97 Å². The Morgan fingerprint density at radius 2 is 2.04 bits per heavy atom. The molecule has 26 heavy (non-hydrogen) atoms. The van der Waals surface area contributed by atoms with Crippen molar-refractivity contribution >= 4 is 11.9 Å². The van der Waals surface area contributed by atoms with Crippen molar-refractivity contribution in [2.24, 2.45) is 0 Å². The summed E-state index contributed by atoms with van der Waals surface area (Å²) in [5, 5.41) is 3.14. The van der Waals surface area contributed by atoms with Crippen molar-refractivity contribution < 1.29 is 18.7 Å². The molecule has 0 aromatic heterocycles. The number of likely N-dealkylation sites (tertiary alicyclic amines) is 1.